The maximum absolute atomic E-state index is 8.81. The van der Waals surface area contributed by atoms with E-state index in [9.17, 15) is 0 Å². The summed E-state index contributed by atoms with van der Waals surface area (Å²) in [4.78, 5) is 0. The lowest BCUT2D eigenvalue weighted by molar-refractivity contribution is 0.595. The van der Waals surface area contributed by atoms with Gasteiger partial charge < -0.3 is 4.57 Å². The van der Waals surface area contributed by atoms with Gasteiger partial charge in [0.15, 0.2) is 0 Å². The summed E-state index contributed by atoms with van der Waals surface area (Å²) in [6, 6.07) is 10.6. The van der Waals surface area contributed by atoms with Crippen molar-refractivity contribution in [1.29, 1.82) is 5.26 Å². The summed E-state index contributed by atoms with van der Waals surface area (Å²) in [5, 5.41) is 10.1. The van der Waals surface area contributed by atoms with Crippen LogP contribution >= 0.6 is 0 Å². The van der Waals surface area contributed by atoms with Crippen LogP contribution in [0.2, 0.25) is 0 Å². The fraction of sp³-hybridized carbons (Fsp3) is 0.308. The van der Waals surface area contributed by atoms with Crippen molar-refractivity contribution >= 4 is 10.9 Å². The molecule has 1 unspecified atom stereocenters. The molecule has 2 aromatic rings. The second-order valence-electron chi connectivity index (χ2n) is 4.01. The fourth-order valence-corrected chi connectivity index (χ4v) is 1.92. The molecule has 76 valence electrons. The lowest BCUT2D eigenvalue weighted by atomic mass is 10.2. The molecular weight excluding hydrogens is 184 g/mol. The molecule has 0 aliphatic carbocycles. The van der Waals surface area contributed by atoms with Gasteiger partial charge in [-0.25, -0.2) is 0 Å². The normalized spacial score (nSPS) is 12.6. The van der Waals surface area contributed by atoms with Crippen LogP contribution < -0.4 is 0 Å². The summed E-state index contributed by atoms with van der Waals surface area (Å²) < 4.78 is 2.17. The fourth-order valence-electron chi connectivity index (χ4n) is 1.92. The highest BCUT2D eigenvalue weighted by Crippen LogP contribution is 2.21. The van der Waals surface area contributed by atoms with Crippen molar-refractivity contribution in [2.45, 2.75) is 20.4 Å². The summed E-state index contributed by atoms with van der Waals surface area (Å²) in [6.07, 6.45) is 2.12. The van der Waals surface area contributed by atoms with Gasteiger partial charge in [-0.3, -0.25) is 0 Å². The predicted octanol–water partition coefficient (Wildman–Crippen LogP) is 3.11. The number of fused-ring (bicyclic) bond motifs is 1. The first-order chi connectivity index (χ1) is 7.22. The highest BCUT2D eigenvalue weighted by molar-refractivity contribution is 5.83. The first-order valence-electron chi connectivity index (χ1n) is 5.16. The second kappa shape index (κ2) is 3.78. The van der Waals surface area contributed by atoms with Crippen LogP contribution in [-0.2, 0) is 6.54 Å². The Labute approximate surface area is 89.7 Å². The molecule has 0 aliphatic rings. The molecule has 0 spiro atoms. The van der Waals surface area contributed by atoms with Crippen LogP contribution in [0.3, 0.4) is 0 Å². The van der Waals surface area contributed by atoms with Crippen LogP contribution in [0.15, 0.2) is 30.5 Å². The molecule has 0 fully saturated rings. The molecule has 0 N–H and O–H groups in total. The molecule has 2 heteroatoms. The quantitative estimate of drug-likeness (QED) is 0.728. The van der Waals surface area contributed by atoms with E-state index in [4.69, 9.17) is 5.26 Å². The van der Waals surface area contributed by atoms with Crippen LogP contribution in [0.1, 0.15) is 12.5 Å². The van der Waals surface area contributed by atoms with Gasteiger partial charge in [0.1, 0.15) is 0 Å². The molecule has 0 saturated heterocycles. The Morgan fingerprint density at radius 1 is 1.40 bits per heavy atom. The van der Waals surface area contributed by atoms with Crippen LogP contribution in [-0.4, -0.2) is 4.57 Å². The molecule has 1 heterocycles. The molecule has 0 bridgehead atoms. The van der Waals surface area contributed by atoms with E-state index in [1.807, 2.05) is 19.1 Å². The van der Waals surface area contributed by atoms with E-state index >= 15 is 0 Å². The number of aromatic nitrogens is 1. The summed E-state index contributed by atoms with van der Waals surface area (Å²) in [7, 11) is 0. The molecule has 1 aromatic heterocycles. The van der Waals surface area contributed by atoms with Gasteiger partial charge in [0.25, 0.3) is 0 Å². The van der Waals surface area contributed by atoms with Gasteiger partial charge in [-0.05, 0) is 25.5 Å². The van der Waals surface area contributed by atoms with Gasteiger partial charge in [-0.1, -0.05) is 18.2 Å². The van der Waals surface area contributed by atoms with Crippen LogP contribution in [0, 0.1) is 24.2 Å². The van der Waals surface area contributed by atoms with E-state index in [-0.39, 0.29) is 5.92 Å². The maximum atomic E-state index is 8.81. The van der Waals surface area contributed by atoms with Crippen molar-refractivity contribution in [1.82, 2.24) is 4.57 Å². The Bertz CT molecular complexity index is 517. The first-order valence-corrected chi connectivity index (χ1v) is 5.16. The van der Waals surface area contributed by atoms with Gasteiger partial charge in [-0.15, -0.1) is 0 Å². The number of aryl methyl sites for hydroxylation is 1. The Kier molecular flexibility index (Phi) is 2.47. The number of para-hydroxylation sites is 1. The smallest absolute Gasteiger partial charge is 0.0671 e. The zero-order chi connectivity index (χ0) is 10.8. The summed E-state index contributed by atoms with van der Waals surface area (Å²) in [6.45, 7) is 4.82. The highest BCUT2D eigenvalue weighted by atomic mass is 15.0. The van der Waals surface area contributed by atoms with Gasteiger partial charge in [-0.2, -0.15) is 5.26 Å². The van der Waals surface area contributed by atoms with Gasteiger partial charge in [0.05, 0.1) is 12.0 Å². The van der Waals surface area contributed by atoms with Crippen molar-refractivity contribution < 1.29 is 0 Å². The molecule has 1 atom stereocenters. The van der Waals surface area contributed by atoms with E-state index < -0.39 is 0 Å². The number of nitrogens with zero attached hydrogens (tertiary/aromatic N) is 2. The summed E-state index contributed by atoms with van der Waals surface area (Å²) >= 11 is 0. The first kappa shape index (κ1) is 9.79. The van der Waals surface area contributed by atoms with E-state index in [1.54, 1.807) is 0 Å². The standard InChI is InChI=1S/C13H14N2/c1-10(7-14)8-15-9-11(2)12-5-3-4-6-13(12)15/h3-6,9-10H,8H2,1-2H3. The average Bonchev–Trinajstić information content (AvgIpc) is 2.57. The number of hydrogen-bond donors (Lipinski definition) is 0. The zero-order valence-corrected chi connectivity index (χ0v) is 9.07. The minimum atomic E-state index is 0.0557. The topological polar surface area (TPSA) is 28.7 Å². The summed E-state index contributed by atoms with van der Waals surface area (Å²) in [5.74, 6) is 0.0557. The predicted molar refractivity (Wildman–Crippen MR) is 61.5 cm³/mol. The lowest BCUT2D eigenvalue weighted by Crippen LogP contribution is -2.03. The van der Waals surface area contributed by atoms with Crippen molar-refractivity contribution in [2.24, 2.45) is 5.92 Å². The van der Waals surface area contributed by atoms with Gasteiger partial charge >= 0.3 is 0 Å². The number of hydrogen-bond acceptors (Lipinski definition) is 1. The molecule has 2 rings (SSSR count). The average molecular weight is 198 g/mol. The Morgan fingerprint density at radius 3 is 2.87 bits per heavy atom. The molecule has 0 aliphatic heterocycles. The monoisotopic (exact) mass is 198 g/mol. The van der Waals surface area contributed by atoms with E-state index in [1.165, 1.54) is 16.5 Å². The Balaban J connectivity index is 2.49. The minimum absolute atomic E-state index is 0.0557. The molecule has 0 amide bonds. The molecule has 15 heavy (non-hydrogen) atoms. The summed E-state index contributed by atoms with van der Waals surface area (Å²) in [5.41, 5.74) is 2.49. The van der Waals surface area contributed by atoms with E-state index in [2.05, 4.69) is 35.9 Å². The van der Waals surface area contributed by atoms with Crippen LogP contribution in [0.25, 0.3) is 10.9 Å². The van der Waals surface area contributed by atoms with Crippen molar-refractivity contribution in [3.05, 3.63) is 36.0 Å². The second-order valence-corrected chi connectivity index (χ2v) is 4.01. The van der Waals surface area contributed by atoms with Gasteiger partial charge in [0.2, 0.25) is 0 Å². The van der Waals surface area contributed by atoms with E-state index in [0.29, 0.717) is 0 Å². The Morgan fingerprint density at radius 2 is 2.13 bits per heavy atom. The van der Waals surface area contributed by atoms with Crippen LogP contribution in [0.5, 0.6) is 0 Å². The zero-order valence-electron chi connectivity index (χ0n) is 9.07. The third-order valence-electron chi connectivity index (χ3n) is 2.68. The number of nitriles is 1. The Hall–Kier alpha value is -1.75. The molecular formula is C13H14N2. The minimum Gasteiger partial charge on any atom is -0.346 e. The molecule has 0 saturated carbocycles. The van der Waals surface area contributed by atoms with Crippen molar-refractivity contribution in [2.75, 3.05) is 0 Å². The van der Waals surface area contributed by atoms with Crippen LogP contribution in [0.4, 0.5) is 0 Å². The van der Waals surface area contributed by atoms with Crippen molar-refractivity contribution in [3.8, 4) is 6.07 Å². The van der Waals surface area contributed by atoms with Crippen molar-refractivity contribution in [3.63, 3.8) is 0 Å². The molecule has 1 aromatic carbocycles. The van der Waals surface area contributed by atoms with Gasteiger partial charge in [0, 0.05) is 23.6 Å². The largest absolute Gasteiger partial charge is 0.346 e. The van der Waals surface area contributed by atoms with E-state index in [0.717, 1.165) is 6.54 Å². The molecule has 2 nitrogen and oxygen atoms in total. The third-order valence-corrected chi connectivity index (χ3v) is 2.68. The highest BCUT2D eigenvalue weighted by Gasteiger charge is 2.07. The number of benzene rings is 1. The maximum Gasteiger partial charge on any atom is 0.0671 e. The SMILES string of the molecule is Cc1cn(CC(C)C#N)c2ccccc12. The number of rotatable bonds is 2. The third kappa shape index (κ3) is 1.73. The molecule has 0 radical (unpaired) electrons. The lowest BCUT2D eigenvalue weighted by Gasteiger charge is -2.05.